The molecule has 2 aromatic heterocycles. The summed E-state index contributed by atoms with van der Waals surface area (Å²) in [6.45, 7) is 0.805. The molecule has 7 nitrogen and oxygen atoms in total. The molecular formula is C22H26N4O3S. The fourth-order valence-electron chi connectivity index (χ4n) is 3.96. The van der Waals surface area contributed by atoms with Gasteiger partial charge in [0.05, 0.1) is 35.8 Å². The second-order valence-corrected chi connectivity index (χ2v) is 8.60. The van der Waals surface area contributed by atoms with Crippen LogP contribution < -0.4 is 5.32 Å². The summed E-state index contributed by atoms with van der Waals surface area (Å²) in [4.78, 5) is 31.9. The van der Waals surface area contributed by atoms with Crippen LogP contribution in [0.15, 0.2) is 47.1 Å². The van der Waals surface area contributed by atoms with Crippen LogP contribution in [0.3, 0.4) is 0 Å². The molecule has 30 heavy (non-hydrogen) atoms. The third-order valence-corrected chi connectivity index (χ3v) is 6.22. The summed E-state index contributed by atoms with van der Waals surface area (Å²) in [6.07, 6.45) is 4.65. The molecule has 1 N–H and O–H groups in total. The van der Waals surface area contributed by atoms with Gasteiger partial charge < -0.3 is 19.2 Å². The maximum absolute atomic E-state index is 13.1. The Balaban J connectivity index is 1.48. The van der Waals surface area contributed by atoms with Gasteiger partial charge in [-0.3, -0.25) is 9.59 Å². The number of rotatable bonds is 8. The largest absolute Gasteiger partial charge is 0.467 e. The molecular weight excluding hydrogens is 400 g/mol. The third kappa shape index (κ3) is 4.23. The summed E-state index contributed by atoms with van der Waals surface area (Å²) in [5.74, 6) is 2.00. The molecule has 1 unspecified atom stereocenters. The lowest BCUT2D eigenvalue weighted by Gasteiger charge is -2.21. The van der Waals surface area contributed by atoms with Crippen LogP contribution in [0.25, 0.3) is 11.0 Å². The van der Waals surface area contributed by atoms with E-state index in [0.29, 0.717) is 13.1 Å². The first-order valence-electron chi connectivity index (χ1n) is 10.1. The summed E-state index contributed by atoms with van der Waals surface area (Å²) >= 11 is 1.74. The number of carbonyl (C=O) groups excluding carboxylic acids is 2. The Kier molecular flexibility index (Phi) is 6.13. The van der Waals surface area contributed by atoms with Crippen LogP contribution >= 0.6 is 11.8 Å². The van der Waals surface area contributed by atoms with Crippen molar-refractivity contribution >= 4 is 34.6 Å². The summed E-state index contributed by atoms with van der Waals surface area (Å²) in [5, 5.41) is 3.17. The van der Waals surface area contributed by atoms with E-state index in [1.54, 1.807) is 29.0 Å². The lowest BCUT2D eigenvalue weighted by atomic mass is 10.1. The normalized spacial score (nSPS) is 17.6. The van der Waals surface area contributed by atoms with Gasteiger partial charge in [0.1, 0.15) is 11.6 Å². The van der Waals surface area contributed by atoms with Crippen molar-refractivity contribution < 1.29 is 14.0 Å². The molecule has 158 valence electrons. The van der Waals surface area contributed by atoms with Crippen LogP contribution in [0.4, 0.5) is 0 Å². The van der Waals surface area contributed by atoms with Crippen LogP contribution in [-0.4, -0.2) is 44.8 Å². The zero-order valence-electron chi connectivity index (χ0n) is 17.2. The number of amides is 2. The SMILES string of the molecule is CSCC[C@H](NC(=O)C1CC(=O)N(Cc2ccco2)C1)c1nc2ccccc2n1C. The molecule has 0 saturated carbocycles. The topological polar surface area (TPSA) is 80.4 Å². The van der Waals surface area contributed by atoms with E-state index in [-0.39, 0.29) is 30.2 Å². The predicted octanol–water partition coefficient (Wildman–Crippen LogP) is 3.13. The summed E-state index contributed by atoms with van der Waals surface area (Å²) in [6, 6.07) is 11.4. The predicted molar refractivity (Wildman–Crippen MR) is 117 cm³/mol. The molecule has 1 aromatic carbocycles. The van der Waals surface area contributed by atoms with Crippen molar-refractivity contribution in [1.29, 1.82) is 0 Å². The Morgan fingerprint density at radius 3 is 2.90 bits per heavy atom. The number of para-hydroxylation sites is 2. The first-order chi connectivity index (χ1) is 14.6. The minimum atomic E-state index is -0.362. The fraction of sp³-hybridized carbons (Fsp3) is 0.409. The monoisotopic (exact) mass is 426 g/mol. The van der Waals surface area contributed by atoms with E-state index < -0.39 is 0 Å². The lowest BCUT2D eigenvalue weighted by Crippen LogP contribution is -2.36. The van der Waals surface area contributed by atoms with Crippen molar-refractivity contribution in [1.82, 2.24) is 19.8 Å². The Morgan fingerprint density at radius 2 is 2.17 bits per heavy atom. The first-order valence-corrected chi connectivity index (χ1v) is 11.5. The summed E-state index contributed by atoms with van der Waals surface area (Å²) < 4.78 is 7.39. The van der Waals surface area contributed by atoms with E-state index in [1.165, 1.54) is 0 Å². The molecule has 2 amide bonds. The van der Waals surface area contributed by atoms with Crippen LogP contribution in [0.1, 0.15) is 30.5 Å². The number of nitrogens with one attached hydrogen (secondary N) is 1. The molecule has 1 saturated heterocycles. The van der Waals surface area contributed by atoms with Gasteiger partial charge in [0, 0.05) is 20.0 Å². The zero-order valence-corrected chi connectivity index (χ0v) is 18.0. The molecule has 3 heterocycles. The second kappa shape index (κ2) is 8.95. The maximum atomic E-state index is 13.1. The number of carbonyl (C=O) groups is 2. The highest BCUT2D eigenvalue weighted by molar-refractivity contribution is 7.98. The highest BCUT2D eigenvalue weighted by atomic mass is 32.2. The minimum absolute atomic E-state index is 0.0186. The van der Waals surface area contributed by atoms with Crippen molar-refractivity contribution in [2.24, 2.45) is 13.0 Å². The van der Waals surface area contributed by atoms with Crippen LogP contribution in [0.2, 0.25) is 0 Å². The van der Waals surface area contributed by atoms with Crippen molar-refractivity contribution in [2.45, 2.75) is 25.4 Å². The van der Waals surface area contributed by atoms with E-state index in [1.807, 2.05) is 41.9 Å². The smallest absolute Gasteiger partial charge is 0.226 e. The number of aryl methyl sites for hydroxylation is 1. The molecule has 3 aromatic rings. The van der Waals surface area contributed by atoms with Crippen molar-refractivity contribution in [3.8, 4) is 0 Å². The standard InChI is InChI=1S/C22H26N4O3S/c1-25-19-8-4-3-7-17(19)23-21(25)18(9-11-30-2)24-22(28)15-12-20(27)26(13-15)14-16-6-5-10-29-16/h3-8,10,15,18H,9,11-14H2,1-2H3,(H,24,28)/t15?,18-/m0/s1. The van der Waals surface area contributed by atoms with E-state index in [9.17, 15) is 9.59 Å². The van der Waals surface area contributed by atoms with Crippen LogP contribution in [0, 0.1) is 5.92 Å². The molecule has 8 heteroatoms. The van der Waals surface area contributed by atoms with Gasteiger partial charge in [-0.05, 0) is 42.7 Å². The molecule has 0 bridgehead atoms. The highest BCUT2D eigenvalue weighted by Gasteiger charge is 2.36. The van der Waals surface area contributed by atoms with Gasteiger partial charge >= 0.3 is 0 Å². The first kappa shape index (κ1) is 20.5. The maximum Gasteiger partial charge on any atom is 0.226 e. The third-order valence-electron chi connectivity index (χ3n) is 5.57. The Hall–Kier alpha value is -2.74. The molecule has 0 spiro atoms. The molecule has 1 aliphatic heterocycles. The average Bonchev–Trinajstić information content (AvgIpc) is 3.46. The summed E-state index contributed by atoms with van der Waals surface area (Å²) in [5.41, 5.74) is 1.95. The summed E-state index contributed by atoms with van der Waals surface area (Å²) in [7, 11) is 1.98. The number of benzene rings is 1. The quantitative estimate of drug-likeness (QED) is 0.599. The lowest BCUT2D eigenvalue weighted by molar-refractivity contribution is -0.129. The van der Waals surface area contributed by atoms with Crippen LogP contribution in [0.5, 0.6) is 0 Å². The van der Waals surface area contributed by atoms with Gasteiger partial charge in [0.2, 0.25) is 11.8 Å². The number of fused-ring (bicyclic) bond motifs is 1. The zero-order chi connectivity index (χ0) is 21.1. The molecule has 1 aliphatic rings. The average molecular weight is 427 g/mol. The van der Waals surface area contributed by atoms with Gasteiger partial charge in [-0.15, -0.1) is 0 Å². The Morgan fingerprint density at radius 1 is 1.33 bits per heavy atom. The number of hydrogen-bond acceptors (Lipinski definition) is 5. The fourth-order valence-corrected chi connectivity index (χ4v) is 4.43. The molecule has 0 aliphatic carbocycles. The van der Waals surface area contributed by atoms with Gasteiger partial charge in [-0.1, -0.05) is 12.1 Å². The van der Waals surface area contributed by atoms with E-state index in [2.05, 4.69) is 11.6 Å². The number of imidazole rings is 1. The Labute approximate surface area is 179 Å². The number of furan rings is 1. The van der Waals surface area contributed by atoms with Gasteiger partial charge in [-0.25, -0.2) is 4.98 Å². The van der Waals surface area contributed by atoms with Gasteiger partial charge in [-0.2, -0.15) is 11.8 Å². The van der Waals surface area contributed by atoms with E-state index in [4.69, 9.17) is 9.40 Å². The molecule has 2 atom stereocenters. The molecule has 0 radical (unpaired) electrons. The Bertz CT molecular complexity index is 1030. The van der Waals surface area contributed by atoms with Gasteiger partial charge in [0.25, 0.3) is 0 Å². The number of nitrogens with zero attached hydrogens (tertiary/aromatic N) is 3. The number of aromatic nitrogens is 2. The number of likely N-dealkylation sites (tertiary alicyclic amines) is 1. The number of thioether (sulfide) groups is 1. The van der Waals surface area contributed by atoms with E-state index >= 15 is 0 Å². The number of hydrogen-bond donors (Lipinski definition) is 1. The van der Waals surface area contributed by atoms with Crippen molar-refractivity contribution in [3.63, 3.8) is 0 Å². The molecule has 1 fully saturated rings. The second-order valence-electron chi connectivity index (χ2n) is 7.62. The van der Waals surface area contributed by atoms with Crippen LogP contribution in [-0.2, 0) is 23.2 Å². The van der Waals surface area contributed by atoms with Crippen molar-refractivity contribution in [3.05, 3.63) is 54.2 Å². The minimum Gasteiger partial charge on any atom is -0.467 e. The van der Waals surface area contributed by atoms with Gasteiger partial charge in [0.15, 0.2) is 0 Å². The van der Waals surface area contributed by atoms with Crippen molar-refractivity contribution in [2.75, 3.05) is 18.6 Å². The van der Waals surface area contributed by atoms with E-state index in [0.717, 1.165) is 34.8 Å². The molecule has 4 rings (SSSR count). The highest BCUT2D eigenvalue weighted by Crippen LogP contribution is 2.25.